The minimum atomic E-state index is -0.520. The Kier molecular flexibility index (Phi) is 6.20. The summed E-state index contributed by atoms with van der Waals surface area (Å²) in [7, 11) is 1.75. The van der Waals surface area contributed by atoms with Crippen molar-refractivity contribution >= 4 is 17.5 Å². The summed E-state index contributed by atoms with van der Waals surface area (Å²) in [5.74, 6) is -0.946. The fraction of sp³-hybridized carbons (Fsp3) is 0.579. The molecule has 1 aromatic rings. The topological polar surface area (TPSA) is 49.4 Å². The lowest BCUT2D eigenvalue weighted by atomic mass is 9.94. The number of amides is 2. The largest absolute Gasteiger partial charge is 0.335 e. The van der Waals surface area contributed by atoms with Gasteiger partial charge in [-0.1, -0.05) is 51.3 Å². The number of carbonyl (C=O) groups is 2. The van der Waals surface area contributed by atoms with Gasteiger partial charge in [0.2, 0.25) is 0 Å². The number of benzene rings is 1. The van der Waals surface area contributed by atoms with Crippen LogP contribution in [-0.2, 0) is 22.4 Å². The van der Waals surface area contributed by atoms with E-state index >= 15 is 0 Å². The monoisotopic (exact) mass is 316 g/mol. The van der Waals surface area contributed by atoms with E-state index in [1.165, 1.54) is 6.42 Å². The molecule has 0 aliphatic heterocycles. The molecule has 0 atom stereocenters. The van der Waals surface area contributed by atoms with Crippen LogP contribution in [-0.4, -0.2) is 29.8 Å². The number of hydrogen-bond acceptors (Lipinski definition) is 2. The first-order valence-electron chi connectivity index (χ1n) is 8.77. The minimum Gasteiger partial charge on any atom is -0.335 e. The van der Waals surface area contributed by atoms with Crippen LogP contribution in [0.3, 0.4) is 0 Å². The van der Waals surface area contributed by atoms with Gasteiger partial charge in [0.25, 0.3) is 0 Å². The van der Waals surface area contributed by atoms with Gasteiger partial charge >= 0.3 is 11.8 Å². The molecule has 0 heterocycles. The van der Waals surface area contributed by atoms with E-state index in [4.69, 9.17) is 0 Å². The summed E-state index contributed by atoms with van der Waals surface area (Å²) in [6.45, 7) is 4.11. The molecule has 0 spiro atoms. The molecule has 126 valence electrons. The summed E-state index contributed by atoms with van der Waals surface area (Å²) >= 11 is 0. The Morgan fingerprint density at radius 3 is 2.17 bits per heavy atom. The van der Waals surface area contributed by atoms with Crippen molar-refractivity contribution in [3.8, 4) is 0 Å². The molecule has 0 saturated heterocycles. The van der Waals surface area contributed by atoms with E-state index in [0.29, 0.717) is 0 Å². The van der Waals surface area contributed by atoms with Crippen LogP contribution in [0, 0.1) is 0 Å². The Balaban J connectivity index is 2.10. The molecule has 0 aromatic heterocycles. The number of nitrogens with one attached hydrogen (secondary N) is 1. The average Bonchev–Trinajstić information content (AvgIpc) is 2.61. The molecule has 4 heteroatoms. The van der Waals surface area contributed by atoms with Gasteiger partial charge in [0.05, 0.1) is 0 Å². The van der Waals surface area contributed by atoms with Gasteiger partial charge in [-0.25, -0.2) is 0 Å². The highest BCUT2D eigenvalue weighted by Gasteiger charge is 2.27. The normalized spacial score (nSPS) is 15.3. The van der Waals surface area contributed by atoms with Crippen LogP contribution < -0.4 is 5.32 Å². The van der Waals surface area contributed by atoms with E-state index in [0.717, 1.165) is 55.3 Å². The molecule has 2 rings (SSSR count). The van der Waals surface area contributed by atoms with E-state index in [-0.39, 0.29) is 6.04 Å². The van der Waals surface area contributed by atoms with Crippen molar-refractivity contribution in [3.05, 3.63) is 29.3 Å². The number of para-hydroxylation sites is 1. The third kappa shape index (κ3) is 4.12. The predicted molar refractivity (Wildman–Crippen MR) is 93.5 cm³/mol. The molecule has 1 fully saturated rings. The number of anilines is 1. The first-order valence-corrected chi connectivity index (χ1v) is 8.77. The molecule has 1 saturated carbocycles. The third-order valence-corrected chi connectivity index (χ3v) is 4.87. The summed E-state index contributed by atoms with van der Waals surface area (Å²) < 4.78 is 0. The molecular weight excluding hydrogens is 288 g/mol. The van der Waals surface area contributed by atoms with Gasteiger partial charge in [0.1, 0.15) is 0 Å². The predicted octanol–water partition coefficient (Wildman–Crippen LogP) is 3.54. The first kappa shape index (κ1) is 17.5. The van der Waals surface area contributed by atoms with Crippen molar-refractivity contribution in [2.24, 2.45) is 0 Å². The van der Waals surface area contributed by atoms with Crippen molar-refractivity contribution in [2.45, 2.75) is 64.8 Å². The summed E-state index contributed by atoms with van der Waals surface area (Å²) in [5.41, 5.74) is 2.96. The zero-order valence-electron chi connectivity index (χ0n) is 14.5. The maximum absolute atomic E-state index is 12.5. The van der Waals surface area contributed by atoms with Crippen LogP contribution in [0.5, 0.6) is 0 Å². The van der Waals surface area contributed by atoms with Crippen LogP contribution in [0.25, 0.3) is 0 Å². The Hall–Kier alpha value is -1.84. The van der Waals surface area contributed by atoms with Gasteiger partial charge in [0, 0.05) is 18.8 Å². The quantitative estimate of drug-likeness (QED) is 0.864. The highest BCUT2D eigenvalue weighted by atomic mass is 16.2. The molecule has 0 radical (unpaired) electrons. The molecule has 1 aliphatic carbocycles. The fourth-order valence-electron chi connectivity index (χ4n) is 3.36. The lowest BCUT2D eigenvalue weighted by Gasteiger charge is -2.30. The van der Waals surface area contributed by atoms with E-state index in [2.05, 4.69) is 19.2 Å². The van der Waals surface area contributed by atoms with Crippen LogP contribution in [0.4, 0.5) is 5.69 Å². The Morgan fingerprint density at radius 2 is 1.65 bits per heavy atom. The summed E-state index contributed by atoms with van der Waals surface area (Å²) in [6, 6.07) is 6.21. The maximum Gasteiger partial charge on any atom is 0.313 e. The molecule has 1 aliphatic rings. The third-order valence-electron chi connectivity index (χ3n) is 4.87. The number of carbonyl (C=O) groups excluding carboxylic acids is 2. The van der Waals surface area contributed by atoms with Crippen molar-refractivity contribution in [3.63, 3.8) is 0 Å². The molecule has 2 amide bonds. The number of nitrogens with zero attached hydrogens (tertiary/aromatic N) is 1. The second kappa shape index (κ2) is 8.14. The number of rotatable bonds is 4. The van der Waals surface area contributed by atoms with Crippen LogP contribution >= 0.6 is 0 Å². The van der Waals surface area contributed by atoms with Gasteiger partial charge in [-0.3, -0.25) is 9.59 Å². The lowest BCUT2D eigenvalue weighted by Crippen LogP contribution is -2.44. The zero-order chi connectivity index (χ0) is 16.8. The zero-order valence-corrected chi connectivity index (χ0v) is 14.5. The molecule has 0 unspecified atom stereocenters. The van der Waals surface area contributed by atoms with Gasteiger partial charge in [-0.05, 0) is 36.8 Å². The molecule has 1 N–H and O–H groups in total. The van der Waals surface area contributed by atoms with Gasteiger partial charge < -0.3 is 10.2 Å². The van der Waals surface area contributed by atoms with Crippen molar-refractivity contribution in [2.75, 3.05) is 12.4 Å². The van der Waals surface area contributed by atoms with Crippen molar-refractivity contribution < 1.29 is 9.59 Å². The highest BCUT2D eigenvalue weighted by molar-refractivity contribution is 6.39. The molecule has 1 aromatic carbocycles. The van der Waals surface area contributed by atoms with Gasteiger partial charge in [-0.15, -0.1) is 0 Å². The Bertz CT molecular complexity index is 540. The van der Waals surface area contributed by atoms with E-state index < -0.39 is 11.8 Å². The summed E-state index contributed by atoms with van der Waals surface area (Å²) in [4.78, 5) is 26.5. The first-order chi connectivity index (χ1) is 11.1. The molecule has 23 heavy (non-hydrogen) atoms. The Labute approximate surface area is 139 Å². The van der Waals surface area contributed by atoms with Crippen molar-refractivity contribution in [1.29, 1.82) is 0 Å². The molecule has 4 nitrogen and oxygen atoms in total. The minimum absolute atomic E-state index is 0.203. The maximum atomic E-state index is 12.5. The fourth-order valence-corrected chi connectivity index (χ4v) is 3.36. The van der Waals surface area contributed by atoms with E-state index in [9.17, 15) is 9.59 Å². The molecular formula is C19H28N2O2. The average molecular weight is 316 g/mol. The van der Waals surface area contributed by atoms with E-state index in [1.54, 1.807) is 11.9 Å². The SMILES string of the molecule is CCc1cccc(CC)c1NC(=O)C(=O)N(C)C1CCCCC1. The lowest BCUT2D eigenvalue weighted by molar-refractivity contribution is -0.144. The van der Waals surface area contributed by atoms with E-state index in [1.807, 2.05) is 18.2 Å². The molecule has 0 bridgehead atoms. The summed E-state index contributed by atoms with van der Waals surface area (Å²) in [5, 5.41) is 2.87. The van der Waals surface area contributed by atoms with Crippen molar-refractivity contribution in [1.82, 2.24) is 4.90 Å². The smallest absolute Gasteiger partial charge is 0.313 e. The highest BCUT2D eigenvalue weighted by Crippen LogP contribution is 2.24. The number of hydrogen-bond donors (Lipinski definition) is 1. The van der Waals surface area contributed by atoms with Crippen LogP contribution in [0.2, 0.25) is 0 Å². The standard InChI is InChI=1S/C19H28N2O2/c1-4-14-10-9-11-15(5-2)17(14)20-18(22)19(23)21(3)16-12-7-6-8-13-16/h9-11,16H,4-8,12-13H2,1-3H3,(H,20,22). The van der Waals surface area contributed by atoms with Crippen LogP contribution in [0.1, 0.15) is 57.1 Å². The second-order valence-electron chi connectivity index (χ2n) is 6.32. The second-order valence-corrected chi connectivity index (χ2v) is 6.32. The Morgan fingerprint density at radius 1 is 1.09 bits per heavy atom. The number of likely N-dealkylation sites (N-methyl/N-ethyl adjacent to an activating group) is 1. The van der Waals surface area contributed by atoms with Crippen LogP contribution in [0.15, 0.2) is 18.2 Å². The summed E-state index contributed by atoms with van der Waals surface area (Å²) in [6.07, 6.45) is 7.17. The van der Waals surface area contributed by atoms with Gasteiger partial charge in [-0.2, -0.15) is 0 Å². The van der Waals surface area contributed by atoms with Gasteiger partial charge in [0.15, 0.2) is 0 Å². The number of aryl methyl sites for hydroxylation is 2.